The van der Waals surface area contributed by atoms with Gasteiger partial charge in [0.2, 0.25) is 0 Å². The number of carbonyl (C=O) groups excluding carboxylic acids is 1. The van der Waals surface area contributed by atoms with Crippen molar-refractivity contribution in [1.29, 1.82) is 0 Å². The number of methoxy groups -OCH3 is 1. The maximum atomic E-state index is 13.3. The van der Waals surface area contributed by atoms with Gasteiger partial charge in [-0.25, -0.2) is 13.6 Å². The molecule has 246 valence electrons. The highest BCUT2D eigenvalue weighted by Gasteiger charge is 2.33. The molecule has 3 aromatic rings. The van der Waals surface area contributed by atoms with Crippen LogP contribution in [-0.4, -0.2) is 81.3 Å². The quantitative estimate of drug-likeness (QED) is 0.226. The van der Waals surface area contributed by atoms with Crippen LogP contribution in [0.15, 0.2) is 60.7 Å². The molecule has 3 aromatic carbocycles. The summed E-state index contributed by atoms with van der Waals surface area (Å²) in [5.74, 6) is -0.139. The summed E-state index contributed by atoms with van der Waals surface area (Å²) in [6, 6.07) is 16.3. The van der Waals surface area contributed by atoms with Crippen molar-refractivity contribution in [2.24, 2.45) is 0 Å². The third-order valence-electron chi connectivity index (χ3n) is 7.96. The highest BCUT2D eigenvalue weighted by Crippen LogP contribution is 2.35. The molecule has 5 rings (SSSR count). The minimum absolute atomic E-state index is 0.0122. The summed E-state index contributed by atoms with van der Waals surface area (Å²) in [6.07, 6.45) is 0.410. The molecule has 0 aromatic heterocycles. The number of carboxylic acid groups (broad SMARTS) is 1. The largest absolute Gasteiger partial charge is 0.493 e. The number of amides is 2. The molecule has 2 aliphatic rings. The molecule has 2 amide bonds. The Kier molecular flexibility index (Phi) is 11.3. The molecule has 1 N–H and O–H groups in total. The van der Waals surface area contributed by atoms with Gasteiger partial charge >= 0.3 is 6.09 Å². The Morgan fingerprint density at radius 3 is 2.41 bits per heavy atom. The molecule has 1 fully saturated rings. The monoisotopic (exact) mass is 640 g/mol. The summed E-state index contributed by atoms with van der Waals surface area (Å²) < 4.78 is 55.0. The Morgan fingerprint density at radius 2 is 1.70 bits per heavy atom. The van der Waals surface area contributed by atoms with E-state index in [0.717, 1.165) is 29.3 Å². The van der Waals surface area contributed by atoms with E-state index in [1.165, 1.54) is 4.90 Å². The molecule has 0 aliphatic carbocycles. The molecule has 0 bridgehead atoms. The fourth-order valence-electron chi connectivity index (χ4n) is 5.66. The lowest BCUT2D eigenvalue weighted by atomic mass is 9.87. The lowest BCUT2D eigenvalue weighted by Crippen LogP contribution is -2.46. The van der Waals surface area contributed by atoms with Gasteiger partial charge in [-0.3, -0.25) is 4.79 Å². The van der Waals surface area contributed by atoms with E-state index >= 15 is 0 Å². The van der Waals surface area contributed by atoms with Gasteiger partial charge in [0.25, 0.3) is 5.91 Å². The molecule has 0 spiro atoms. The van der Waals surface area contributed by atoms with Crippen LogP contribution in [0.3, 0.4) is 0 Å². The molecule has 10 nitrogen and oxygen atoms in total. The summed E-state index contributed by atoms with van der Waals surface area (Å²) in [7, 11) is 1.62. The standard InChI is InChI=1S/C34H38F2N2O8/c1-42-13-2-11-38-30-16-23(4-9-31(30)46-22-33(38)39)21-45-32-20-37(34(40)41)12-10-29(32)24-5-7-27(8-6-24)43-14-3-15-44-28-18-25(35)17-26(36)19-28/h4-9,16-19,29,32H,2-3,10-15,20-22H2,1H3,(H,40,41). The first-order valence-corrected chi connectivity index (χ1v) is 15.3. The van der Waals surface area contributed by atoms with E-state index in [2.05, 4.69) is 0 Å². The van der Waals surface area contributed by atoms with Crippen LogP contribution in [0, 0.1) is 11.6 Å². The molecule has 2 atom stereocenters. The van der Waals surface area contributed by atoms with Crippen molar-refractivity contribution in [1.82, 2.24) is 4.90 Å². The maximum Gasteiger partial charge on any atom is 0.407 e. The predicted molar refractivity (Wildman–Crippen MR) is 165 cm³/mol. The van der Waals surface area contributed by atoms with Crippen LogP contribution >= 0.6 is 0 Å². The zero-order valence-corrected chi connectivity index (χ0v) is 25.7. The van der Waals surface area contributed by atoms with E-state index in [1.54, 1.807) is 12.0 Å². The molecule has 1 saturated heterocycles. The van der Waals surface area contributed by atoms with Gasteiger partial charge in [0, 0.05) is 57.3 Å². The molecular weight excluding hydrogens is 602 g/mol. The Hall–Kier alpha value is -4.42. The van der Waals surface area contributed by atoms with Crippen LogP contribution in [0.5, 0.6) is 17.2 Å². The number of halogens is 2. The summed E-state index contributed by atoms with van der Waals surface area (Å²) in [6.45, 7) is 2.47. The third-order valence-corrected chi connectivity index (χ3v) is 7.96. The van der Waals surface area contributed by atoms with Crippen molar-refractivity contribution >= 4 is 17.7 Å². The topological polar surface area (TPSA) is 107 Å². The number of rotatable bonds is 14. The van der Waals surface area contributed by atoms with Gasteiger partial charge in [-0.15, -0.1) is 0 Å². The minimum atomic E-state index is -0.988. The van der Waals surface area contributed by atoms with E-state index in [-0.39, 0.29) is 43.9 Å². The van der Waals surface area contributed by atoms with E-state index in [9.17, 15) is 23.5 Å². The van der Waals surface area contributed by atoms with Gasteiger partial charge in [-0.05, 0) is 48.2 Å². The Bertz CT molecular complexity index is 1470. The SMILES string of the molecule is COCCCN1C(=O)COc2ccc(COC3CN(C(=O)O)CCC3c3ccc(OCCCOc4cc(F)cc(F)c4)cc3)cc21. The smallest absolute Gasteiger partial charge is 0.407 e. The van der Waals surface area contributed by atoms with Crippen LogP contribution < -0.4 is 19.1 Å². The number of likely N-dealkylation sites (tertiary alicyclic amines) is 1. The fraction of sp³-hybridized carbons (Fsp3) is 0.412. The lowest BCUT2D eigenvalue weighted by Gasteiger charge is -2.37. The number of carbonyl (C=O) groups is 2. The zero-order chi connectivity index (χ0) is 32.5. The normalized spacial score (nSPS) is 17.8. The van der Waals surface area contributed by atoms with Crippen molar-refractivity contribution in [3.8, 4) is 17.2 Å². The van der Waals surface area contributed by atoms with Crippen molar-refractivity contribution in [2.45, 2.75) is 37.9 Å². The Morgan fingerprint density at radius 1 is 0.957 bits per heavy atom. The van der Waals surface area contributed by atoms with E-state index in [1.807, 2.05) is 42.5 Å². The minimum Gasteiger partial charge on any atom is -0.493 e. The van der Waals surface area contributed by atoms with Crippen LogP contribution in [0.1, 0.15) is 36.3 Å². The second-order valence-electron chi connectivity index (χ2n) is 11.2. The highest BCUT2D eigenvalue weighted by molar-refractivity contribution is 5.97. The number of piperidine rings is 1. The molecule has 46 heavy (non-hydrogen) atoms. The van der Waals surface area contributed by atoms with Gasteiger partial charge in [0.1, 0.15) is 28.9 Å². The van der Waals surface area contributed by atoms with Gasteiger partial charge in [0.05, 0.1) is 38.2 Å². The average Bonchev–Trinajstić information content (AvgIpc) is 3.04. The average molecular weight is 641 g/mol. The van der Waals surface area contributed by atoms with Crippen molar-refractivity contribution in [3.05, 3.63) is 83.4 Å². The van der Waals surface area contributed by atoms with Crippen molar-refractivity contribution < 1.29 is 47.2 Å². The summed E-state index contributed by atoms with van der Waals surface area (Å²) in [5.41, 5.74) is 2.54. The number of benzene rings is 3. The van der Waals surface area contributed by atoms with E-state index < -0.39 is 23.8 Å². The van der Waals surface area contributed by atoms with Crippen molar-refractivity contribution in [3.63, 3.8) is 0 Å². The van der Waals surface area contributed by atoms with Gasteiger partial charge in [0.15, 0.2) is 6.61 Å². The fourth-order valence-corrected chi connectivity index (χ4v) is 5.66. The highest BCUT2D eigenvalue weighted by atomic mass is 19.1. The predicted octanol–water partition coefficient (Wildman–Crippen LogP) is 5.63. The van der Waals surface area contributed by atoms with E-state index in [4.69, 9.17) is 23.7 Å². The first-order chi connectivity index (χ1) is 22.3. The molecule has 0 saturated carbocycles. The van der Waals surface area contributed by atoms with E-state index in [0.29, 0.717) is 62.8 Å². The second kappa shape index (κ2) is 15.7. The molecule has 12 heteroatoms. The number of nitrogens with zero attached hydrogens (tertiary/aromatic N) is 2. The van der Waals surface area contributed by atoms with Crippen LogP contribution in [0.2, 0.25) is 0 Å². The second-order valence-corrected chi connectivity index (χ2v) is 11.2. The molecule has 0 radical (unpaired) electrons. The van der Waals surface area contributed by atoms with Gasteiger partial charge in [-0.1, -0.05) is 18.2 Å². The first kappa shape index (κ1) is 33.0. The number of ether oxygens (including phenoxy) is 5. The molecular formula is C34H38F2N2O8. The number of hydrogen-bond acceptors (Lipinski definition) is 7. The Labute approximate surface area is 266 Å². The molecule has 2 unspecified atom stereocenters. The first-order valence-electron chi connectivity index (χ1n) is 15.3. The summed E-state index contributed by atoms with van der Waals surface area (Å²) in [5, 5.41) is 9.67. The summed E-state index contributed by atoms with van der Waals surface area (Å²) in [4.78, 5) is 27.5. The third kappa shape index (κ3) is 8.64. The number of anilines is 1. The zero-order valence-electron chi connectivity index (χ0n) is 25.7. The lowest BCUT2D eigenvalue weighted by molar-refractivity contribution is -0.121. The Balaban J connectivity index is 1.18. The van der Waals surface area contributed by atoms with Crippen LogP contribution in [0.25, 0.3) is 0 Å². The van der Waals surface area contributed by atoms with Crippen molar-refractivity contribution in [2.75, 3.05) is 58.1 Å². The summed E-state index contributed by atoms with van der Waals surface area (Å²) >= 11 is 0. The number of fused-ring (bicyclic) bond motifs is 1. The van der Waals surface area contributed by atoms with Gasteiger partial charge in [-0.2, -0.15) is 0 Å². The van der Waals surface area contributed by atoms with Crippen LogP contribution in [0.4, 0.5) is 19.3 Å². The van der Waals surface area contributed by atoms with Gasteiger partial charge < -0.3 is 38.6 Å². The van der Waals surface area contributed by atoms with Crippen LogP contribution in [-0.2, 0) is 20.9 Å². The maximum absolute atomic E-state index is 13.3. The number of hydrogen-bond donors (Lipinski definition) is 1. The molecule has 2 heterocycles. The molecule has 2 aliphatic heterocycles.